The molecule has 1 aromatic carbocycles. The molecule has 1 N–H and O–H groups in total. The summed E-state index contributed by atoms with van der Waals surface area (Å²) >= 11 is 0. The zero-order valence-corrected chi connectivity index (χ0v) is 12.0. The molecule has 1 aromatic rings. The van der Waals surface area contributed by atoms with Crippen LogP contribution in [0.2, 0.25) is 0 Å². The van der Waals surface area contributed by atoms with Crippen molar-refractivity contribution < 1.29 is 19.4 Å². The van der Waals surface area contributed by atoms with Crippen LogP contribution in [-0.2, 0) is 20.7 Å². The Morgan fingerprint density at radius 1 is 1.36 bits per heavy atom. The van der Waals surface area contributed by atoms with Crippen molar-refractivity contribution in [3.63, 3.8) is 0 Å². The second-order valence-electron chi connectivity index (χ2n) is 6.23. The van der Waals surface area contributed by atoms with Crippen molar-refractivity contribution in [2.24, 2.45) is 11.8 Å². The molecule has 1 unspecified atom stereocenters. The zero-order chi connectivity index (χ0) is 15.3. The number of aliphatic carboxylic acids is 1. The number of nitrogens with zero attached hydrogens (tertiary/aromatic N) is 1. The monoisotopic (exact) mass is 299 g/mol. The molecule has 5 heteroatoms. The number of hydrogen-bond donors (Lipinski definition) is 1. The lowest BCUT2D eigenvalue weighted by Gasteiger charge is -2.21. The molecule has 2 saturated heterocycles. The van der Waals surface area contributed by atoms with Crippen LogP contribution in [0.5, 0.6) is 0 Å². The van der Waals surface area contributed by atoms with E-state index >= 15 is 0 Å². The lowest BCUT2D eigenvalue weighted by Crippen LogP contribution is -2.39. The summed E-state index contributed by atoms with van der Waals surface area (Å²) in [5.74, 6) is -2.36. The van der Waals surface area contributed by atoms with Gasteiger partial charge in [-0.05, 0) is 12.0 Å². The highest BCUT2D eigenvalue weighted by molar-refractivity contribution is 5.90. The van der Waals surface area contributed by atoms with Gasteiger partial charge in [0.05, 0.1) is 18.6 Å². The van der Waals surface area contributed by atoms with Crippen molar-refractivity contribution >= 4 is 11.9 Å². The topological polar surface area (TPSA) is 66.8 Å². The van der Waals surface area contributed by atoms with Crippen molar-refractivity contribution in [2.75, 3.05) is 13.1 Å². The first-order valence-corrected chi connectivity index (χ1v) is 7.53. The van der Waals surface area contributed by atoms with Gasteiger partial charge in [0.25, 0.3) is 0 Å². The van der Waals surface area contributed by atoms with Crippen LogP contribution in [0.4, 0.5) is 0 Å². The molecule has 4 rings (SSSR count). The smallest absolute Gasteiger partial charge is 0.310 e. The van der Waals surface area contributed by atoms with E-state index in [9.17, 15) is 14.7 Å². The third-order valence-corrected chi connectivity index (χ3v) is 4.98. The summed E-state index contributed by atoms with van der Waals surface area (Å²) in [6, 6.07) is 9.97. The number of hydrogen-bond acceptors (Lipinski definition) is 3. The maximum absolute atomic E-state index is 12.7. The van der Waals surface area contributed by atoms with Gasteiger partial charge < -0.3 is 14.7 Å². The maximum atomic E-state index is 12.7. The quantitative estimate of drug-likeness (QED) is 0.845. The number of carbonyl (C=O) groups is 2. The fourth-order valence-corrected chi connectivity index (χ4v) is 3.96. The van der Waals surface area contributed by atoms with Gasteiger partial charge in [-0.2, -0.15) is 0 Å². The highest BCUT2D eigenvalue weighted by Crippen LogP contribution is 2.51. The van der Waals surface area contributed by atoms with Crippen molar-refractivity contribution in [3.8, 4) is 0 Å². The number of carboxylic acid groups (broad SMARTS) is 1. The Morgan fingerprint density at radius 2 is 2.14 bits per heavy atom. The molecule has 4 atom stereocenters. The maximum Gasteiger partial charge on any atom is 0.310 e. The molecule has 3 heterocycles. The minimum Gasteiger partial charge on any atom is -0.481 e. The largest absolute Gasteiger partial charge is 0.481 e. The van der Waals surface area contributed by atoms with E-state index in [0.29, 0.717) is 13.1 Å². The first-order chi connectivity index (χ1) is 10.6. The van der Waals surface area contributed by atoms with E-state index in [4.69, 9.17) is 4.74 Å². The van der Waals surface area contributed by atoms with Gasteiger partial charge in [-0.3, -0.25) is 9.59 Å². The molecule has 1 spiro atoms. The first kappa shape index (κ1) is 13.5. The molecule has 0 radical (unpaired) electrons. The number of benzene rings is 1. The minimum absolute atomic E-state index is 0.0878. The van der Waals surface area contributed by atoms with Gasteiger partial charge in [0.1, 0.15) is 11.5 Å². The first-order valence-electron chi connectivity index (χ1n) is 7.53. The molecule has 2 fully saturated rings. The molecule has 114 valence electrons. The fraction of sp³-hybridized carbons (Fsp3) is 0.412. The summed E-state index contributed by atoms with van der Waals surface area (Å²) in [6.45, 7) is 1.05. The highest BCUT2D eigenvalue weighted by atomic mass is 16.5. The number of ether oxygens (including phenoxy) is 1. The average molecular weight is 299 g/mol. The third-order valence-electron chi connectivity index (χ3n) is 4.98. The average Bonchev–Trinajstić information content (AvgIpc) is 3.14. The summed E-state index contributed by atoms with van der Waals surface area (Å²) in [6.07, 6.45) is 3.99. The normalized spacial score (nSPS) is 35.2. The predicted octanol–water partition coefficient (Wildman–Crippen LogP) is 1.10. The van der Waals surface area contributed by atoms with Crippen LogP contribution >= 0.6 is 0 Å². The third kappa shape index (κ3) is 1.82. The molecule has 22 heavy (non-hydrogen) atoms. The lowest BCUT2D eigenvalue weighted by molar-refractivity contribution is -0.148. The second kappa shape index (κ2) is 4.68. The molecular formula is C17H17NO4. The highest BCUT2D eigenvalue weighted by Gasteiger charge is 2.66. The molecule has 0 aromatic heterocycles. The van der Waals surface area contributed by atoms with Crippen molar-refractivity contribution in [1.82, 2.24) is 4.90 Å². The summed E-state index contributed by atoms with van der Waals surface area (Å²) in [7, 11) is 0. The van der Waals surface area contributed by atoms with Crippen molar-refractivity contribution in [3.05, 3.63) is 48.0 Å². The van der Waals surface area contributed by atoms with Crippen molar-refractivity contribution in [2.45, 2.75) is 18.1 Å². The zero-order valence-electron chi connectivity index (χ0n) is 12.0. The molecule has 2 bridgehead atoms. The standard InChI is InChI=1S/C17H17NO4/c19-15-14-13(16(20)21)12-6-8-17(14,22-12)10-18(15)9-7-11-4-2-1-3-5-11/h1-6,8,12-14H,7,9-10H2,(H,20,21)/t12-,13-,14?,17-/m0/s1. The fourth-order valence-electron chi connectivity index (χ4n) is 3.96. The molecule has 0 saturated carbocycles. The van der Waals surface area contributed by atoms with Crippen LogP contribution in [0.25, 0.3) is 0 Å². The SMILES string of the molecule is O=C(O)[C@@H]1C2C(=O)N(CCc3ccccc3)C[C@@]23C=C[C@@H]1O3. The Balaban J connectivity index is 1.53. The number of carbonyl (C=O) groups excluding carboxylic acids is 1. The summed E-state index contributed by atoms with van der Waals surface area (Å²) in [4.78, 5) is 25.9. The van der Waals surface area contributed by atoms with Gasteiger partial charge in [0, 0.05) is 6.54 Å². The van der Waals surface area contributed by atoms with Gasteiger partial charge in [-0.1, -0.05) is 42.5 Å². The summed E-state index contributed by atoms with van der Waals surface area (Å²) in [5, 5.41) is 9.41. The Bertz CT molecular complexity index is 656. The number of amides is 1. The van der Waals surface area contributed by atoms with Crippen LogP contribution in [0.3, 0.4) is 0 Å². The van der Waals surface area contributed by atoms with Gasteiger partial charge >= 0.3 is 5.97 Å². The van der Waals surface area contributed by atoms with Crippen LogP contribution < -0.4 is 0 Å². The van der Waals surface area contributed by atoms with Gasteiger partial charge in [-0.15, -0.1) is 0 Å². The van der Waals surface area contributed by atoms with E-state index in [2.05, 4.69) is 0 Å². The second-order valence-corrected chi connectivity index (χ2v) is 6.23. The van der Waals surface area contributed by atoms with E-state index in [0.717, 1.165) is 6.42 Å². The minimum atomic E-state index is -0.945. The van der Waals surface area contributed by atoms with E-state index in [1.807, 2.05) is 36.4 Å². The summed E-state index contributed by atoms with van der Waals surface area (Å²) in [5.41, 5.74) is 0.446. The Labute approximate surface area is 128 Å². The summed E-state index contributed by atoms with van der Waals surface area (Å²) < 4.78 is 5.86. The molecule has 0 aliphatic carbocycles. The Hall–Kier alpha value is -2.14. The van der Waals surface area contributed by atoms with Crippen LogP contribution in [-0.4, -0.2) is 46.7 Å². The number of rotatable bonds is 4. The van der Waals surface area contributed by atoms with E-state index in [1.54, 1.807) is 11.0 Å². The van der Waals surface area contributed by atoms with Crippen LogP contribution in [0.1, 0.15) is 5.56 Å². The van der Waals surface area contributed by atoms with Gasteiger partial charge in [-0.25, -0.2) is 0 Å². The molecule has 3 aliphatic heterocycles. The van der Waals surface area contributed by atoms with Crippen LogP contribution in [0, 0.1) is 11.8 Å². The Kier molecular flexibility index (Phi) is 2.87. The van der Waals surface area contributed by atoms with E-state index in [-0.39, 0.29) is 5.91 Å². The lowest BCUT2D eigenvalue weighted by atomic mass is 9.77. The van der Waals surface area contributed by atoms with Crippen LogP contribution in [0.15, 0.2) is 42.5 Å². The van der Waals surface area contributed by atoms with E-state index < -0.39 is 29.5 Å². The number of likely N-dealkylation sites (tertiary alicyclic amines) is 1. The predicted molar refractivity (Wildman–Crippen MR) is 78.1 cm³/mol. The molecule has 3 aliphatic rings. The van der Waals surface area contributed by atoms with Gasteiger partial charge in [0.2, 0.25) is 5.91 Å². The van der Waals surface area contributed by atoms with E-state index in [1.165, 1.54) is 5.56 Å². The molecule has 5 nitrogen and oxygen atoms in total. The molecule has 1 amide bonds. The Morgan fingerprint density at radius 3 is 2.86 bits per heavy atom. The number of fused-ring (bicyclic) bond motifs is 1. The van der Waals surface area contributed by atoms with Crippen molar-refractivity contribution in [1.29, 1.82) is 0 Å². The van der Waals surface area contributed by atoms with Gasteiger partial charge in [0.15, 0.2) is 0 Å². The molecular weight excluding hydrogens is 282 g/mol. The number of carboxylic acids is 1.